The predicted octanol–water partition coefficient (Wildman–Crippen LogP) is 2.68. The zero-order valence-electron chi connectivity index (χ0n) is 17.8. The lowest BCUT2D eigenvalue weighted by Gasteiger charge is -2.37. The van der Waals surface area contributed by atoms with Crippen molar-refractivity contribution in [1.29, 1.82) is 0 Å². The summed E-state index contributed by atoms with van der Waals surface area (Å²) in [6.07, 6.45) is 5.74. The van der Waals surface area contributed by atoms with Crippen LogP contribution in [0.5, 0.6) is 5.75 Å². The molecule has 0 bridgehead atoms. The first kappa shape index (κ1) is 20.3. The third-order valence-electron chi connectivity index (χ3n) is 5.95. The maximum atomic E-state index is 10.1. The van der Waals surface area contributed by atoms with Crippen LogP contribution >= 0.6 is 0 Å². The van der Waals surface area contributed by atoms with Crippen LogP contribution < -0.4 is 15.1 Å². The Balaban J connectivity index is 1.32. The molecular formula is C23H32N6O. The van der Waals surface area contributed by atoms with E-state index in [-0.39, 0.29) is 0 Å². The second kappa shape index (κ2) is 9.69. The van der Waals surface area contributed by atoms with E-state index >= 15 is 0 Å². The molecule has 2 fully saturated rings. The van der Waals surface area contributed by atoms with Gasteiger partial charge in [-0.3, -0.25) is 4.99 Å². The third kappa shape index (κ3) is 4.78. The maximum Gasteiger partial charge on any atom is 0.194 e. The number of pyridine rings is 1. The van der Waals surface area contributed by atoms with Crippen molar-refractivity contribution in [2.75, 3.05) is 56.1 Å². The molecule has 7 heteroatoms. The Bertz CT molecular complexity index is 856. The van der Waals surface area contributed by atoms with Crippen LogP contribution in [0.1, 0.15) is 24.8 Å². The minimum Gasteiger partial charge on any atom is -0.506 e. The van der Waals surface area contributed by atoms with Crippen molar-refractivity contribution in [1.82, 2.24) is 15.2 Å². The molecule has 0 radical (unpaired) electrons. The summed E-state index contributed by atoms with van der Waals surface area (Å²) in [6, 6.07) is 11.8. The molecule has 0 unspecified atom stereocenters. The number of phenols is 1. The van der Waals surface area contributed by atoms with Gasteiger partial charge in [-0.15, -0.1) is 0 Å². The van der Waals surface area contributed by atoms with Gasteiger partial charge in [0.15, 0.2) is 5.96 Å². The van der Waals surface area contributed by atoms with Crippen LogP contribution in [0.15, 0.2) is 47.6 Å². The van der Waals surface area contributed by atoms with Crippen molar-refractivity contribution >= 4 is 17.5 Å². The molecule has 2 aliphatic heterocycles. The number of aliphatic imine (C=N–C) groups is 1. The van der Waals surface area contributed by atoms with Crippen molar-refractivity contribution in [2.45, 2.75) is 25.8 Å². The largest absolute Gasteiger partial charge is 0.506 e. The van der Waals surface area contributed by atoms with Crippen LogP contribution in [0, 0.1) is 0 Å². The molecule has 0 saturated carbocycles. The summed E-state index contributed by atoms with van der Waals surface area (Å²) in [6.45, 7) is 6.38. The summed E-state index contributed by atoms with van der Waals surface area (Å²) >= 11 is 0. The first-order chi connectivity index (χ1) is 14.7. The summed E-state index contributed by atoms with van der Waals surface area (Å²) in [5.41, 5.74) is 2.13. The minimum absolute atomic E-state index is 0.343. The zero-order chi connectivity index (χ0) is 20.8. The van der Waals surface area contributed by atoms with E-state index in [2.05, 4.69) is 42.1 Å². The number of guanidine groups is 1. The monoisotopic (exact) mass is 408 g/mol. The number of para-hydroxylation sites is 2. The highest BCUT2D eigenvalue weighted by atomic mass is 16.3. The zero-order valence-corrected chi connectivity index (χ0v) is 17.8. The number of aromatic nitrogens is 1. The number of hydrogen-bond acceptors (Lipinski definition) is 5. The van der Waals surface area contributed by atoms with Crippen LogP contribution in [-0.4, -0.2) is 67.3 Å². The van der Waals surface area contributed by atoms with Crippen LogP contribution in [0.25, 0.3) is 0 Å². The number of piperidine rings is 1. The van der Waals surface area contributed by atoms with Crippen molar-refractivity contribution in [3.8, 4) is 5.75 Å². The lowest BCUT2D eigenvalue weighted by Crippen LogP contribution is -2.52. The SMILES string of the molecule is CN=C(NCc1ccnc(N2CCCCC2)c1)N1CCN(c2ccccc2O)CC1. The van der Waals surface area contributed by atoms with Gasteiger partial charge in [0.1, 0.15) is 11.6 Å². The minimum atomic E-state index is 0.343. The van der Waals surface area contributed by atoms with Crippen LogP contribution in [-0.2, 0) is 6.54 Å². The van der Waals surface area contributed by atoms with E-state index in [1.54, 1.807) is 6.07 Å². The fourth-order valence-corrected chi connectivity index (χ4v) is 4.27. The number of piperazine rings is 1. The molecule has 2 aliphatic rings. The van der Waals surface area contributed by atoms with Crippen molar-refractivity contribution < 1.29 is 5.11 Å². The summed E-state index contributed by atoms with van der Waals surface area (Å²) in [7, 11) is 1.84. The third-order valence-corrected chi connectivity index (χ3v) is 5.95. The van der Waals surface area contributed by atoms with Crippen molar-refractivity contribution in [3.05, 3.63) is 48.2 Å². The van der Waals surface area contributed by atoms with Gasteiger partial charge in [0, 0.05) is 59.1 Å². The fraction of sp³-hybridized carbons (Fsp3) is 0.478. The lowest BCUT2D eigenvalue weighted by molar-refractivity contribution is 0.369. The molecule has 30 heavy (non-hydrogen) atoms. The normalized spacial score (nSPS) is 17.9. The standard InChI is InChI=1S/C23H32N6O/c1-24-23(29-15-13-27(14-16-29)20-7-3-4-8-21(20)30)26-18-19-9-10-25-22(17-19)28-11-5-2-6-12-28/h3-4,7-10,17,30H,2,5-6,11-16,18H2,1H3,(H,24,26). The summed E-state index contributed by atoms with van der Waals surface area (Å²) in [5, 5.41) is 13.6. The highest BCUT2D eigenvalue weighted by Crippen LogP contribution is 2.27. The van der Waals surface area contributed by atoms with Gasteiger partial charge in [0.05, 0.1) is 5.69 Å². The second-order valence-electron chi connectivity index (χ2n) is 7.93. The van der Waals surface area contributed by atoms with Gasteiger partial charge < -0.3 is 25.1 Å². The summed E-state index contributed by atoms with van der Waals surface area (Å²) < 4.78 is 0. The molecule has 0 atom stereocenters. The van der Waals surface area contributed by atoms with E-state index in [9.17, 15) is 5.11 Å². The molecule has 0 spiro atoms. The first-order valence-corrected chi connectivity index (χ1v) is 10.9. The van der Waals surface area contributed by atoms with E-state index in [1.165, 1.54) is 24.8 Å². The highest BCUT2D eigenvalue weighted by Gasteiger charge is 2.21. The number of phenolic OH excluding ortho intramolecular Hbond substituents is 1. The molecule has 3 heterocycles. The van der Waals surface area contributed by atoms with Gasteiger partial charge in [-0.2, -0.15) is 0 Å². The topological polar surface area (TPSA) is 67.2 Å². The molecule has 0 aliphatic carbocycles. The number of nitrogens with one attached hydrogen (secondary N) is 1. The molecule has 1 aromatic carbocycles. The summed E-state index contributed by atoms with van der Waals surface area (Å²) in [4.78, 5) is 16.0. The smallest absolute Gasteiger partial charge is 0.194 e. The molecule has 2 N–H and O–H groups in total. The molecule has 160 valence electrons. The van der Waals surface area contributed by atoms with Crippen molar-refractivity contribution in [2.24, 2.45) is 4.99 Å². The van der Waals surface area contributed by atoms with Gasteiger partial charge in [0.2, 0.25) is 0 Å². The molecular weight excluding hydrogens is 376 g/mol. The van der Waals surface area contributed by atoms with E-state index in [0.29, 0.717) is 5.75 Å². The number of aromatic hydroxyl groups is 1. The molecule has 7 nitrogen and oxygen atoms in total. The number of anilines is 2. The Labute approximate surface area is 179 Å². The molecule has 2 saturated heterocycles. The first-order valence-electron chi connectivity index (χ1n) is 10.9. The van der Waals surface area contributed by atoms with Crippen LogP contribution in [0.4, 0.5) is 11.5 Å². The average molecular weight is 409 g/mol. The van der Waals surface area contributed by atoms with E-state index in [4.69, 9.17) is 0 Å². The Morgan fingerprint density at radius 3 is 2.50 bits per heavy atom. The summed E-state index contributed by atoms with van der Waals surface area (Å²) in [5.74, 6) is 2.35. The highest BCUT2D eigenvalue weighted by molar-refractivity contribution is 5.80. The lowest BCUT2D eigenvalue weighted by atomic mass is 10.1. The Morgan fingerprint density at radius 1 is 1.00 bits per heavy atom. The Morgan fingerprint density at radius 2 is 1.77 bits per heavy atom. The van der Waals surface area contributed by atoms with E-state index in [0.717, 1.165) is 63.3 Å². The van der Waals surface area contributed by atoms with Gasteiger partial charge in [-0.05, 0) is 49.1 Å². The Kier molecular flexibility index (Phi) is 6.57. The van der Waals surface area contributed by atoms with Crippen LogP contribution in [0.3, 0.4) is 0 Å². The Hall–Kier alpha value is -2.96. The number of nitrogens with zero attached hydrogens (tertiary/aromatic N) is 5. The number of rotatable bonds is 4. The van der Waals surface area contributed by atoms with Gasteiger partial charge in [-0.25, -0.2) is 4.98 Å². The molecule has 2 aromatic rings. The fourth-order valence-electron chi connectivity index (χ4n) is 4.27. The molecule has 4 rings (SSSR count). The number of hydrogen-bond donors (Lipinski definition) is 2. The quantitative estimate of drug-likeness (QED) is 0.599. The van der Waals surface area contributed by atoms with E-state index in [1.807, 2.05) is 31.4 Å². The van der Waals surface area contributed by atoms with Gasteiger partial charge >= 0.3 is 0 Å². The molecule has 0 amide bonds. The predicted molar refractivity (Wildman–Crippen MR) is 122 cm³/mol. The number of benzene rings is 1. The van der Waals surface area contributed by atoms with Crippen LogP contribution in [0.2, 0.25) is 0 Å². The average Bonchev–Trinajstić information content (AvgIpc) is 2.81. The maximum absolute atomic E-state index is 10.1. The van der Waals surface area contributed by atoms with Gasteiger partial charge in [-0.1, -0.05) is 12.1 Å². The van der Waals surface area contributed by atoms with Crippen molar-refractivity contribution in [3.63, 3.8) is 0 Å². The molecule has 1 aromatic heterocycles. The van der Waals surface area contributed by atoms with E-state index < -0.39 is 0 Å². The van der Waals surface area contributed by atoms with Gasteiger partial charge in [0.25, 0.3) is 0 Å². The second-order valence-corrected chi connectivity index (χ2v) is 7.93.